The third kappa shape index (κ3) is 16.2. The quantitative estimate of drug-likeness (QED) is 0.341. The first-order valence-corrected chi connectivity index (χ1v) is 9.05. The summed E-state index contributed by atoms with van der Waals surface area (Å²) in [7, 11) is 11.4. The number of nitrogens with zero attached hydrogens (tertiary/aromatic N) is 2. The monoisotopic (exact) mass is 318 g/mol. The van der Waals surface area contributed by atoms with E-state index in [1.165, 1.54) is 38.8 Å². The van der Waals surface area contributed by atoms with Crippen molar-refractivity contribution in [3.8, 4) is 0 Å². The molecule has 0 aliphatic heterocycles. The number of hydrogen-bond donors (Lipinski definition) is 0. The maximum atomic E-state index is 5.66. The molecule has 0 fully saturated rings. The van der Waals surface area contributed by atoms with Crippen LogP contribution in [0.4, 0.5) is 0 Å². The first-order valence-electron chi connectivity index (χ1n) is 9.05. The second kappa shape index (κ2) is 12.3. The van der Waals surface area contributed by atoms with Gasteiger partial charge < -0.3 is 18.4 Å². The molecule has 0 amide bonds. The van der Waals surface area contributed by atoms with Gasteiger partial charge in [0.2, 0.25) is 0 Å². The summed E-state index contributed by atoms with van der Waals surface area (Å²) in [6.45, 7) is 8.89. The highest BCUT2D eigenvalue weighted by molar-refractivity contribution is 4.44. The van der Waals surface area contributed by atoms with Gasteiger partial charge >= 0.3 is 0 Å². The Balaban J connectivity index is 3.45. The molecule has 0 radical (unpaired) electrons. The predicted molar refractivity (Wildman–Crippen MR) is 95.1 cm³/mol. The van der Waals surface area contributed by atoms with Gasteiger partial charge in [0, 0.05) is 6.61 Å². The van der Waals surface area contributed by atoms with Gasteiger partial charge in [0.05, 0.1) is 68.1 Å². The smallest absolute Gasteiger partial charge is 0.102 e. The van der Waals surface area contributed by atoms with Crippen LogP contribution in [0.5, 0.6) is 0 Å². The Morgan fingerprint density at radius 2 is 1.14 bits per heavy atom. The van der Waals surface area contributed by atoms with E-state index in [0.717, 1.165) is 48.4 Å². The van der Waals surface area contributed by atoms with Crippen LogP contribution in [0.1, 0.15) is 39.0 Å². The lowest BCUT2D eigenvalue weighted by molar-refractivity contribution is -0.891. The molecule has 0 aliphatic rings. The van der Waals surface area contributed by atoms with Crippen molar-refractivity contribution in [3.05, 3.63) is 0 Å². The molecule has 0 aromatic rings. The summed E-state index contributed by atoms with van der Waals surface area (Å²) in [5.41, 5.74) is 0. The summed E-state index contributed by atoms with van der Waals surface area (Å²) in [6, 6.07) is 0. The fourth-order valence-corrected chi connectivity index (χ4v) is 2.37. The Hall–Kier alpha value is -0.160. The fraction of sp³-hybridized carbons (Fsp3) is 1.00. The predicted octanol–water partition coefficient (Wildman–Crippen LogP) is 2.77. The van der Waals surface area contributed by atoms with Gasteiger partial charge in [0.1, 0.15) is 6.54 Å². The third-order valence-corrected chi connectivity index (χ3v) is 3.90. The first kappa shape index (κ1) is 21.8. The molecule has 0 unspecified atom stereocenters. The molecule has 4 heteroatoms. The maximum absolute atomic E-state index is 5.66. The molecule has 0 aromatic carbocycles. The molecule has 134 valence electrons. The zero-order valence-electron chi connectivity index (χ0n) is 16.2. The SMILES string of the molecule is CCCOCCOCC[N+](C)(C)CCCCCC[N+](C)(C)C. The van der Waals surface area contributed by atoms with E-state index in [1.807, 2.05) is 0 Å². The van der Waals surface area contributed by atoms with Crippen LogP contribution < -0.4 is 0 Å². The van der Waals surface area contributed by atoms with Gasteiger partial charge in [0.15, 0.2) is 0 Å². The van der Waals surface area contributed by atoms with Gasteiger partial charge in [-0.1, -0.05) is 6.92 Å². The van der Waals surface area contributed by atoms with E-state index in [1.54, 1.807) is 0 Å². The van der Waals surface area contributed by atoms with Crippen molar-refractivity contribution in [1.29, 1.82) is 0 Å². The fourth-order valence-electron chi connectivity index (χ4n) is 2.37. The molecular formula is C18H42N2O2+2. The molecule has 0 heterocycles. The lowest BCUT2D eigenvalue weighted by atomic mass is 10.1. The van der Waals surface area contributed by atoms with Crippen LogP contribution in [0.15, 0.2) is 0 Å². The second-order valence-corrected chi connectivity index (χ2v) is 8.04. The van der Waals surface area contributed by atoms with Crippen molar-refractivity contribution in [2.75, 3.05) is 81.3 Å². The Morgan fingerprint density at radius 3 is 1.68 bits per heavy atom. The zero-order valence-corrected chi connectivity index (χ0v) is 16.2. The van der Waals surface area contributed by atoms with Crippen molar-refractivity contribution in [2.45, 2.75) is 39.0 Å². The summed E-state index contributed by atoms with van der Waals surface area (Å²) in [5, 5.41) is 0. The van der Waals surface area contributed by atoms with Crippen LogP contribution in [-0.4, -0.2) is 90.3 Å². The van der Waals surface area contributed by atoms with Crippen molar-refractivity contribution < 1.29 is 18.4 Å². The molecule has 0 saturated carbocycles. The lowest BCUT2D eigenvalue weighted by Crippen LogP contribution is -2.43. The molecule has 0 saturated heterocycles. The van der Waals surface area contributed by atoms with Crippen LogP contribution in [0.3, 0.4) is 0 Å². The third-order valence-electron chi connectivity index (χ3n) is 3.90. The Morgan fingerprint density at radius 1 is 0.591 bits per heavy atom. The minimum absolute atomic E-state index is 0.727. The van der Waals surface area contributed by atoms with Crippen molar-refractivity contribution in [3.63, 3.8) is 0 Å². The first-order chi connectivity index (χ1) is 10.3. The summed E-state index contributed by atoms with van der Waals surface area (Å²) >= 11 is 0. The summed E-state index contributed by atoms with van der Waals surface area (Å²) in [5.74, 6) is 0. The number of likely N-dealkylation sites (N-methyl/N-ethyl adjacent to an activating group) is 1. The van der Waals surface area contributed by atoms with Gasteiger partial charge in [-0.25, -0.2) is 0 Å². The zero-order chi connectivity index (χ0) is 16.9. The van der Waals surface area contributed by atoms with E-state index < -0.39 is 0 Å². The normalized spacial score (nSPS) is 12.8. The number of quaternary nitrogens is 2. The van der Waals surface area contributed by atoms with Crippen molar-refractivity contribution in [2.24, 2.45) is 0 Å². The van der Waals surface area contributed by atoms with Gasteiger partial charge in [-0.2, -0.15) is 0 Å². The molecule has 4 nitrogen and oxygen atoms in total. The van der Waals surface area contributed by atoms with Crippen LogP contribution in [0, 0.1) is 0 Å². The molecular weight excluding hydrogens is 276 g/mol. The number of hydrogen-bond acceptors (Lipinski definition) is 2. The van der Waals surface area contributed by atoms with Crippen molar-refractivity contribution in [1.82, 2.24) is 0 Å². The lowest BCUT2D eigenvalue weighted by Gasteiger charge is -2.29. The number of rotatable bonds is 15. The van der Waals surface area contributed by atoms with E-state index in [-0.39, 0.29) is 0 Å². The van der Waals surface area contributed by atoms with Crippen LogP contribution in [0.25, 0.3) is 0 Å². The summed E-state index contributed by atoms with van der Waals surface area (Å²) in [4.78, 5) is 0. The number of unbranched alkanes of at least 4 members (excludes halogenated alkanes) is 3. The Kier molecular flexibility index (Phi) is 12.2. The van der Waals surface area contributed by atoms with E-state index in [4.69, 9.17) is 9.47 Å². The Bertz CT molecular complexity index is 250. The molecule has 0 atom stereocenters. The van der Waals surface area contributed by atoms with Crippen LogP contribution in [0.2, 0.25) is 0 Å². The molecule has 0 N–H and O–H groups in total. The van der Waals surface area contributed by atoms with Gasteiger partial charge in [-0.3, -0.25) is 0 Å². The van der Waals surface area contributed by atoms with Gasteiger partial charge in [0.25, 0.3) is 0 Å². The highest BCUT2D eigenvalue weighted by atomic mass is 16.5. The van der Waals surface area contributed by atoms with Crippen LogP contribution in [-0.2, 0) is 9.47 Å². The molecule has 22 heavy (non-hydrogen) atoms. The van der Waals surface area contributed by atoms with Gasteiger partial charge in [-0.05, 0) is 32.1 Å². The van der Waals surface area contributed by atoms with E-state index in [2.05, 4.69) is 42.2 Å². The minimum atomic E-state index is 0.727. The average Bonchev–Trinajstić information content (AvgIpc) is 2.40. The van der Waals surface area contributed by atoms with Crippen molar-refractivity contribution >= 4 is 0 Å². The molecule has 0 spiro atoms. The molecule has 0 aromatic heterocycles. The second-order valence-electron chi connectivity index (χ2n) is 8.04. The van der Waals surface area contributed by atoms with E-state index >= 15 is 0 Å². The minimum Gasteiger partial charge on any atom is -0.379 e. The van der Waals surface area contributed by atoms with Gasteiger partial charge in [-0.15, -0.1) is 0 Å². The average molecular weight is 319 g/mol. The van der Waals surface area contributed by atoms with E-state index in [0.29, 0.717) is 0 Å². The topological polar surface area (TPSA) is 18.5 Å². The largest absolute Gasteiger partial charge is 0.379 e. The summed E-state index contributed by atoms with van der Waals surface area (Å²) < 4.78 is 13.2. The highest BCUT2D eigenvalue weighted by Gasteiger charge is 2.14. The van der Waals surface area contributed by atoms with Crippen LogP contribution >= 0.6 is 0 Å². The molecule has 0 rings (SSSR count). The molecule has 0 bridgehead atoms. The highest BCUT2D eigenvalue weighted by Crippen LogP contribution is 2.07. The van der Waals surface area contributed by atoms with E-state index in [9.17, 15) is 0 Å². The Labute approximate surface area is 139 Å². The molecule has 0 aliphatic carbocycles. The number of ether oxygens (including phenoxy) is 2. The summed E-state index contributed by atoms with van der Waals surface area (Å²) in [6.07, 6.45) is 6.47. The maximum Gasteiger partial charge on any atom is 0.102 e. The standard InChI is InChI=1S/C18H42N2O2/c1-7-15-21-17-18-22-16-14-20(5,6)13-11-9-8-10-12-19(2,3)4/h7-18H2,1-6H3/q+2.